The number of H-pyrrole nitrogens is 1. The van der Waals surface area contributed by atoms with Crippen molar-refractivity contribution in [1.82, 2.24) is 15.5 Å². The molecule has 0 aliphatic heterocycles. The number of aromatic nitrogens is 2. The van der Waals surface area contributed by atoms with Crippen molar-refractivity contribution in [2.75, 3.05) is 0 Å². The van der Waals surface area contributed by atoms with E-state index >= 15 is 0 Å². The topological polar surface area (TPSA) is 88.0 Å². The first kappa shape index (κ1) is 16.3. The van der Waals surface area contributed by atoms with Crippen LogP contribution in [-0.2, 0) is 0 Å². The van der Waals surface area contributed by atoms with Gasteiger partial charge in [0.25, 0.3) is 5.91 Å². The molecule has 1 amide bonds. The zero-order chi connectivity index (χ0) is 18.3. The summed E-state index contributed by atoms with van der Waals surface area (Å²) in [6.45, 7) is 1.62. The Kier molecular flexibility index (Phi) is 3.91. The van der Waals surface area contributed by atoms with Gasteiger partial charge in [-0.2, -0.15) is 0 Å². The van der Waals surface area contributed by atoms with Crippen molar-refractivity contribution in [1.29, 1.82) is 0 Å². The number of ketones is 1. The molecule has 1 fully saturated rings. The number of benzene rings is 1. The fourth-order valence-corrected chi connectivity index (χ4v) is 2.76. The van der Waals surface area contributed by atoms with Gasteiger partial charge in [-0.1, -0.05) is 17.3 Å². The third-order valence-corrected chi connectivity index (χ3v) is 4.29. The molecule has 26 heavy (non-hydrogen) atoms. The molecule has 4 rings (SSSR count). The lowest BCUT2D eigenvalue weighted by Crippen LogP contribution is -2.25. The minimum Gasteiger partial charge on any atom is -0.360 e. The minimum atomic E-state index is -0.428. The van der Waals surface area contributed by atoms with E-state index in [-0.39, 0.29) is 29.0 Å². The molecule has 0 bridgehead atoms. The average Bonchev–Trinajstić information content (AvgIpc) is 3.15. The number of halogens is 1. The summed E-state index contributed by atoms with van der Waals surface area (Å²) in [5.74, 6) is -0.676. The Morgan fingerprint density at radius 2 is 2.12 bits per heavy atom. The van der Waals surface area contributed by atoms with E-state index < -0.39 is 5.82 Å². The molecule has 2 N–H and O–H groups in total. The third kappa shape index (κ3) is 3.03. The van der Waals surface area contributed by atoms with Gasteiger partial charge in [-0.3, -0.25) is 9.59 Å². The molecule has 0 atom stereocenters. The number of hydrogen-bond acceptors (Lipinski definition) is 4. The van der Waals surface area contributed by atoms with Crippen molar-refractivity contribution in [3.8, 4) is 11.3 Å². The second-order valence-corrected chi connectivity index (χ2v) is 6.35. The standard InChI is InChI=1S/C19H16FN3O3/c1-10-16(17(23-26-10)11-3-2-4-13(20)7-11)18(24)12-8-15(21-9-12)19(25)22-14-5-6-14/h2-4,7-9,14,21H,5-6H2,1H3,(H,22,25). The molecule has 1 aromatic carbocycles. The van der Waals surface area contributed by atoms with Crippen LogP contribution >= 0.6 is 0 Å². The number of rotatable bonds is 5. The average molecular weight is 353 g/mol. The number of aryl methyl sites for hydroxylation is 1. The van der Waals surface area contributed by atoms with Gasteiger partial charge in [0, 0.05) is 23.4 Å². The molecule has 0 spiro atoms. The number of nitrogens with zero attached hydrogens (tertiary/aromatic N) is 1. The number of carbonyl (C=O) groups is 2. The first-order chi connectivity index (χ1) is 12.5. The van der Waals surface area contributed by atoms with E-state index in [0.717, 1.165) is 12.8 Å². The van der Waals surface area contributed by atoms with Crippen LogP contribution in [0.1, 0.15) is 45.0 Å². The molecule has 2 heterocycles. The number of aromatic amines is 1. The van der Waals surface area contributed by atoms with Crippen LogP contribution in [0.15, 0.2) is 41.1 Å². The van der Waals surface area contributed by atoms with E-state index in [1.54, 1.807) is 19.1 Å². The summed E-state index contributed by atoms with van der Waals surface area (Å²) in [6.07, 6.45) is 3.44. The van der Waals surface area contributed by atoms with Crippen LogP contribution in [0.4, 0.5) is 4.39 Å². The van der Waals surface area contributed by atoms with Gasteiger partial charge in [0.15, 0.2) is 5.78 Å². The van der Waals surface area contributed by atoms with Crippen LogP contribution in [0.3, 0.4) is 0 Å². The van der Waals surface area contributed by atoms with Crippen LogP contribution in [-0.4, -0.2) is 27.9 Å². The molecule has 0 saturated heterocycles. The molecular weight excluding hydrogens is 337 g/mol. The Labute approximate surface area is 148 Å². The van der Waals surface area contributed by atoms with Gasteiger partial charge >= 0.3 is 0 Å². The monoisotopic (exact) mass is 353 g/mol. The zero-order valence-electron chi connectivity index (χ0n) is 14.0. The number of hydrogen-bond donors (Lipinski definition) is 2. The highest BCUT2D eigenvalue weighted by atomic mass is 19.1. The van der Waals surface area contributed by atoms with Crippen LogP contribution < -0.4 is 5.32 Å². The first-order valence-electron chi connectivity index (χ1n) is 8.29. The summed E-state index contributed by atoms with van der Waals surface area (Å²) in [7, 11) is 0. The second kappa shape index (κ2) is 6.25. The number of carbonyl (C=O) groups excluding carboxylic acids is 2. The highest BCUT2D eigenvalue weighted by Crippen LogP contribution is 2.28. The fraction of sp³-hybridized carbons (Fsp3) is 0.211. The van der Waals surface area contributed by atoms with Crippen molar-refractivity contribution in [3.63, 3.8) is 0 Å². The van der Waals surface area contributed by atoms with Crippen molar-refractivity contribution in [2.24, 2.45) is 0 Å². The maximum Gasteiger partial charge on any atom is 0.267 e. The molecule has 0 unspecified atom stereocenters. The van der Waals surface area contributed by atoms with Gasteiger partial charge in [0.05, 0.1) is 5.56 Å². The normalized spacial score (nSPS) is 13.6. The number of nitrogens with one attached hydrogen (secondary N) is 2. The van der Waals surface area contributed by atoms with Gasteiger partial charge < -0.3 is 14.8 Å². The Balaban J connectivity index is 1.65. The van der Waals surface area contributed by atoms with Gasteiger partial charge in [0.2, 0.25) is 0 Å². The lowest BCUT2D eigenvalue weighted by atomic mass is 9.99. The summed E-state index contributed by atoms with van der Waals surface area (Å²) in [5, 5.41) is 6.77. The maximum atomic E-state index is 13.5. The fourth-order valence-electron chi connectivity index (χ4n) is 2.76. The van der Waals surface area contributed by atoms with Crippen LogP contribution in [0.2, 0.25) is 0 Å². The van der Waals surface area contributed by atoms with Gasteiger partial charge in [-0.05, 0) is 38.0 Å². The SMILES string of the molecule is Cc1onc(-c2cccc(F)c2)c1C(=O)c1c[nH]c(C(=O)NC2CC2)c1. The molecule has 1 aliphatic rings. The smallest absolute Gasteiger partial charge is 0.267 e. The minimum absolute atomic E-state index is 0.227. The van der Waals surface area contributed by atoms with Crippen LogP contribution in [0.5, 0.6) is 0 Å². The Morgan fingerprint density at radius 3 is 2.85 bits per heavy atom. The number of amides is 1. The Morgan fingerprint density at radius 1 is 1.31 bits per heavy atom. The molecule has 1 saturated carbocycles. The predicted molar refractivity (Wildman–Crippen MR) is 91.3 cm³/mol. The van der Waals surface area contributed by atoms with E-state index in [9.17, 15) is 14.0 Å². The Bertz CT molecular complexity index is 1000. The van der Waals surface area contributed by atoms with Crippen LogP contribution in [0, 0.1) is 12.7 Å². The summed E-state index contributed by atoms with van der Waals surface area (Å²) in [4.78, 5) is 27.8. The van der Waals surface area contributed by atoms with Gasteiger partial charge in [-0.25, -0.2) is 4.39 Å². The third-order valence-electron chi connectivity index (χ3n) is 4.29. The van der Waals surface area contributed by atoms with Crippen molar-refractivity contribution in [2.45, 2.75) is 25.8 Å². The highest BCUT2D eigenvalue weighted by Gasteiger charge is 2.27. The molecule has 6 nitrogen and oxygen atoms in total. The summed E-state index contributed by atoms with van der Waals surface area (Å²) in [6, 6.07) is 7.53. The van der Waals surface area contributed by atoms with E-state index in [4.69, 9.17) is 4.52 Å². The molecule has 132 valence electrons. The first-order valence-corrected chi connectivity index (χ1v) is 8.29. The molecule has 3 aromatic rings. The lowest BCUT2D eigenvalue weighted by molar-refractivity contribution is 0.0946. The van der Waals surface area contributed by atoms with Gasteiger partial charge in [0.1, 0.15) is 23.0 Å². The van der Waals surface area contributed by atoms with Crippen LogP contribution in [0.25, 0.3) is 11.3 Å². The maximum absolute atomic E-state index is 13.5. The van der Waals surface area contributed by atoms with E-state index in [1.807, 2.05) is 0 Å². The van der Waals surface area contributed by atoms with E-state index in [1.165, 1.54) is 24.4 Å². The molecular formula is C19H16FN3O3. The van der Waals surface area contributed by atoms with E-state index in [2.05, 4.69) is 15.5 Å². The predicted octanol–water partition coefficient (Wildman–Crippen LogP) is 3.24. The summed E-state index contributed by atoms with van der Waals surface area (Å²) < 4.78 is 18.7. The largest absolute Gasteiger partial charge is 0.360 e. The highest BCUT2D eigenvalue weighted by molar-refractivity contribution is 6.13. The Hall–Kier alpha value is -3.22. The molecule has 0 radical (unpaired) electrons. The van der Waals surface area contributed by atoms with E-state index in [0.29, 0.717) is 22.6 Å². The van der Waals surface area contributed by atoms with Crippen molar-refractivity contribution in [3.05, 3.63) is 64.9 Å². The molecule has 1 aliphatic carbocycles. The molecule has 2 aromatic heterocycles. The van der Waals surface area contributed by atoms with Crippen molar-refractivity contribution < 1.29 is 18.5 Å². The lowest BCUT2D eigenvalue weighted by Gasteiger charge is -2.01. The zero-order valence-corrected chi connectivity index (χ0v) is 14.0. The molecule has 7 heteroatoms. The van der Waals surface area contributed by atoms with Gasteiger partial charge in [-0.15, -0.1) is 0 Å². The quantitative estimate of drug-likeness (QED) is 0.689. The summed E-state index contributed by atoms with van der Waals surface area (Å²) >= 11 is 0. The second-order valence-electron chi connectivity index (χ2n) is 6.35. The van der Waals surface area contributed by atoms with Crippen molar-refractivity contribution >= 4 is 11.7 Å². The summed E-state index contributed by atoms with van der Waals surface area (Å²) in [5.41, 5.74) is 1.62.